The second-order valence-corrected chi connectivity index (χ2v) is 5.66. The molecule has 0 aliphatic carbocycles. The summed E-state index contributed by atoms with van der Waals surface area (Å²) < 4.78 is 1.39. The summed E-state index contributed by atoms with van der Waals surface area (Å²) in [6, 6.07) is 15.2. The first kappa shape index (κ1) is 14.3. The highest BCUT2D eigenvalue weighted by molar-refractivity contribution is 5.94. The number of hydrogen-bond acceptors (Lipinski definition) is 4. The molecule has 0 unspecified atom stereocenters. The number of fused-ring (bicyclic) bond motifs is 2. The van der Waals surface area contributed by atoms with E-state index in [0.717, 1.165) is 5.39 Å². The third-order valence-electron chi connectivity index (χ3n) is 4.12. The molecule has 0 fully saturated rings. The molecule has 0 atom stereocenters. The number of benzene rings is 3. The summed E-state index contributed by atoms with van der Waals surface area (Å²) in [7, 11) is 0. The minimum Gasteiger partial charge on any atom is -0.508 e. The summed E-state index contributed by atoms with van der Waals surface area (Å²) >= 11 is 0. The summed E-state index contributed by atoms with van der Waals surface area (Å²) in [5.74, 6) is 0.481. The summed E-state index contributed by atoms with van der Waals surface area (Å²) in [6.45, 7) is 1.72. The van der Waals surface area contributed by atoms with Gasteiger partial charge in [-0.25, -0.2) is 4.98 Å². The molecule has 4 aromatic rings. The molecule has 3 aromatic carbocycles. The van der Waals surface area contributed by atoms with Crippen LogP contribution in [-0.2, 0) is 0 Å². The van der Waals surface area contributed by atoms with E-state index < -0.39 is 0 Å². The van der Waals surface area contributed by atoms with E-state index in [0.29, 0.717) is 27.8 Å². The average molecular weight is 318 g/mol. The summed E-state index contributed by atoms with van der Waals surface area (Å²) in [4.78, 5) is 17.5. The first-order valence-corrected chi connectivity index (χ1v) is 7.50. The predicted molar refractivity (Wildman–Crippen MR) is 92.9 cm³/mol. The van der Waals surface area contributed by atoms with E-state index >= 15 is 0 Å². The van der Waals surface area contributed by atoms with Crippen molar-refractivity contribution in [2.45, 2.75) is 6.92 Å². The number of aryl methyl sites for hydroxylation is 1. The van der Waals surface area contributed by atoms with Gasteiger partial charge in [-0.15, -0.1) is 0 Å². The van der Waals surface area contributed by atoms with Gasteiger partial charge in [0.25, 0.3) is 5.56 Å². The third kappa shape index (κ3) is 2.02. The maximum atomic E-state index is 13.0. The molecule has 0 bridgehead atoms. The van der Waals surface area contributed by atoms with Crippen LogP contribution in [-0.4, -0.2) is 19.8 Å². The van der Waals surface area contributed by atoms with Crippen LogP contribution in [0.3, 0.4) is 0 Å². The molecule has 0 radical (unpaired) electrons. The van der Waals surface area contributed by atoms with Gasteiger partial charge in [-0.3, -0.25) is 9.36 Å². The number of phenolic OH excluding ortho intramolecular Hbond substituents is 2. The first-order valence-electron chi connectivity index (χ1n) is 7.50. The van der Waals surface area contributed by atoms with Crippen LogP contribution in [0, 0.1) is 6.92 Å². The Bertz CT molecular complexity index is 1160. The second kappa shape index (κ2) is 5.09. The Balaban J connectivity index is 2.20. The highest BCUT2D eigenvalue weighted by Crippen LogP contribution is 2.32. The van der Waals surface area contributed by atoms with E-state index in [-0.39, 0.29) is 17.1 Å². The summed E-state index contributed by atoms with van der Waals surface area (Å²) in [5.41, 5.74) is 0.673. The maximum Gasteiger partial charge on any atom is 0.266 e. The van der Waals surface area contributed by atoms with Crippen LogP contribution >= 0.6 is 0 Å². The van der Waals surface area contributed by atoms with Gasteiger partial charge in [0.1, 0.15) is 23.0 Å². The SMILES string of the molecule is Cc1nc2ccccc2c(=O)n1-c1c(O)ccc2ccc(O)cc12. The number of aromatic nitrogens is 2. The average Bonchev–Trinajstić information content (AvgIpc) is 2.57. The zero-order chi connectivity index (χ0) is 16.8. The summed E-state index contributed by atoms with van der Waals surface area (Å²) in [5, 5.41) is 22.1. The van der Waals surface area contributed by atoms with E-state index in [1.54, 1.807) is 43.3 Å². The summed E-state index contributed by atoms with van der Waals surface area (Å²) in [6.07, 6.45) is 0. The largest absolute Gasteiger partial charge is 0.508 e. The molecule has 118 valence electrons. The lowest BCUT2D eigenvalue weighted by Gasteiger charge is -2.15. The molecule has 5 heteroatoms. The molecule has 0 saturated carbocycles. The smallest absolute Gasteiger partial charge is 0.266 e. The Kier molecular flexibility index (Phi) is 3.03. The number of nitrogens with zero attached hydrogens (tertiary/aromatic N) is 2. The van der Waals surface area contributed by atoms with Gasteiger partial charge in [0.2, 0.25) is 0 Å². The minimum absolute atomic E-state index is 0.0459. The van der Waals surface area contributed by atoms with Crippen molar-refractivity contribution < 1.29 is 10.2 Å². The number of aromatic hydroxyl groups is 2. The molecule has 0 aliphatic rings. The van der Waals surface area contributed by atoms with Crippen LogP contribution in [0.5, 0.6) is 11.5 Å². The normalized spacial score (nSPS) is 11.2. The predicted octanol–water partition coefficient (Wildman–Crippen LogP) is 3.26. The van der Waals surface area contributed by atoms with Crippen molar-refractivity contribution in [1.29, 1.82) is 0 Å². The quantitative estimate of drug-likeness (QED) is 0.565. The van der Waals surface area contributed by atoms with E-state index in [1.165, 1.54) is 16.7 Å². The van der Waals surface area contributed by atoms with Crippen molar-refractivity contribution >= 4 is 21.7 Å². The monoisotopic (exact) mass is 318 g/mol. The molecule has 0 aliphatic heterocycles. The molecule has 24 heavy (non-hydrogen) atoms. The van der Waals surface area contributed by atoms with Gasteiger partial charge in [0.15, 0.2) is 0 Å². The number of hydrogen-bond donors (Lipinski definition) is 2. The molecular weight excluding hydrogens is 304 g/mol. The Hall–Kier alpha value is -3.34. The molecule has 0 saturated heterocycles. The molecular formula is C19H14N2O3. The lowest BCUT2D eigenvalue weighted by molar-refractivity contribution is 0.471. The van der Waals surface area contributed by atoms with Crippen LogP contribution < -0.4 is 5.56 Å². The zero-order valence-electron chi connectivity index (χ0n) is 12.9. The fourth-order valence-corrected chi connectivity index (χ4v) is 3.02. The Labute approximate surface area is 137 Å². The topological polar surface area (TPSA) is 75.4 Å². The van der Waals surface area contributed by atoms with Gasteiger partial charge >= 0.3 is 0 Å². The van der Waals surface area contributed by atoms with Gasteiger partial charge < -0.3 is 10.2 Å². The number of para-hydroxylation sites is 1. The van der Waals surface area contributed by atoms with Crippen LogP contribution in [0.4, 0.5) is 0 Å². The standard InChI is InChI=1S/C19H14N2O3/c1-11-20-16-5-3-2-4-14(16)19(24)21(11)18-15-10-13(22)8-6-12(15)7-9-17(18)23/h2-10,22-23H,1H3. The minimum atomic E-state index is -0.260. The van der Waals surface area contributed by atoms with Gasteiger partial charge in [0, 0.05) is 5.39 Å². The highest BCUT2D eigenvalue weighted by atomic mass is 16.3. The molecule has 1 heterocycles. The number of phenols is 2. The van der Waals surface area contributed by atoms with E-state index in [9.17, 15) is 15.0 Å². The molecule has 5 nitrogen and oxygen atoms in total. The van der Waals surface area contributed by atoms with Crippen LogP contribution in [0.15, 0.2) is 59.4 Å². The van der Waals surface area contributed by atoms with Crippen molar-refractivity contribution in [2.75, 3.05) is 0 Å². The fraction of sp³-hybridized carbons (Fsp3) is 0.0526. The van der Waals surface area contributed by atoms with Crippen LogP contribution in [0.2, 0.25) is 0 Å². The van der Waals surface area contributed by atoms with E-state index in [1.807, 2.05) is 6.07 Å². The van der Waals surface area contributed by atoms with Gasteiger partial charge in [-0.1, -0.05) is 24.3 Å². The molecule has 2 N–H and O–H groups in total. The second-order valence-electron chi connectivity index (χ2n) is 5.66. The third-order valence-corrected chi connectivity index (χ3v) is 4.12. The fourth-order valence-electron chi connectivity index (χ4n) is 3.02. The Morgan fingerprint density at radius 3 is 2.54 bits per heavy atom. The van der Waals surface area contributed by atoms with Gasteiger partial charge in [-0.2, -0.15) is 0 Å². The Morgan fingerprint density at radius 2 is 1.71 bits per heavy atom. The number of rotatable bonds is 1. The molecule has 1 aromatic heterocycles. The lowest BCUT2D eigenvalue weighted by atomic mass is 10.1. The van der Waals surface area contributed by atoms with Crippen molar-refractivity contribution in [2.24, 2.45) is 0 Å². The van der Waals surface area contributed by atoms with Crippen molar-refractivity contribution in [3.8, 4) is 17.2 Å². The zero-order valence-corrected chi connectivity index (χ0v) is 12.9. The van der Waals surface area contributed by atoms with E-state index in [2.05, 4.69) is 4.98 Å². The van der Waals surface area contributed by atoms with Gasteiger partial charge in [-0.05, 0) is 42.6 Å². The Morgan fingerprint density at radius 1 is 0.958 bits per heavy atom. The van der Waals surface area contributed by atoms with E-state index in [4.69, 9.17) is 0 Å². The molecule has 0 spiro atoms. The van der Waals surface area contributed by atoms with Crippen LogP contribution in [0.25, 0.3) is 27.4 Å². The highest BCUT2D eigenvalue weighted by Gasteiger charge is 2.16. The lowest BCUT2D eigenvalue weighted by Crippen LogP contribution is -2.22. The molecule has 4 rings (SSSR count). The van der Waals surface area contributed by atoms with Crippen LogP contribution in [0.1, 0.15) is 5.82 Å². The van der Waals surface area contributed by atoms with Crippen molar-refractivity contribution in [1.82, 2.24) is 9.55 Å². The molecule has 0 amide bonds. The van der Waals surface area contributed by atoms with Crippen molar-refractivity contribution in [3.05, 3.63) is 70.8 Å². The van der Waals surface area contributed by atoms with Crippen molar-refractivity contribution in [3.63, 3.8) is 0 Å². The maximum absolute atomic E-state index is 13.0. The van der Waals surface area contributed by atoms with Gasteiger partial charge in [0.05, 0.1) is 10.9 Å². The first-order chi connectivity index (χ1) is 11.6.